The van der Waals surface area contributed by atoms with Gasteiger partial charge in [0.2, 0.25) is 5.91 Å². The van der Waals surface area contributed by atoms with Crippen molar-refractivity contribution in [3.63, 3.8) is 0 Å². The molecule has 0 radical (unpaired) electrons. The molecule has 3 nitrogen and oxygen atoms in total. The lowest BCUT2D eigenvalue weighted by atomic mass is 9.86. The van der Waals surface area contributed by atoms with Crippen LogP contribution in [0.1, 0.15) is 75.2 Å². The molecule has 20 heavy (non-hydrogen) atoms. The standard InChI is InChI=1S/C17H25NO2/c19-17(10-9-13-5-2-1-3-6-13)18-15-7-4-8-16-14(15)11-12-20-16/h11-13,15H,1-10H2,(H,18,19). The molecule has 1 fully saturated rings. The van der Waals surface area contributed by atoms with Crippen molar-refractivity contribution in [1.29, 1.82) is 0 Å². The average molecular weight is 275 g/mol. The Morgan fingerprint density at radius 1 is 1.20 bits per heavy atom. The normalized spacial score (nSPS) is 23.3. The second-order valence-corrected chi connectivity index (χ2v) is 6.35. The van der Waals surface area contributed by atoms with Crippen LogP contribution in [0.4, 0.5) is 0 Å². The van der Waals surface area contributed by atoms with Gasteiger partial charge in [0, 0.05) is 18.4 Å². The van der Waals surface area contributed by atoms with Crippen LogP contribution in [-0.2, 0) is 11.2 Å². The number of aryl methyl sites for hydroxylation is 1. The summed E-state index contributed by atoms with van der Waals surface area (Å²) < 4.78 is 5.47. The van der Waals surface area contributed by atoms with Crippen LogP contribution in [0.3, 0.4) is 0 Å². The molecule has 1 atom stereocenters. The molecule has 1 N–H and O–H groups in total. The lowest BCUT2D eigenvalue weighted by Crippen LogP contribution is -2.30. The van der Waals surface area contributed by atoms with Crippen molar-refractivity contribution < 1.29 is 9.21 Å². The van der Waals surface area contributed by atoms with Crippen molar-refractivity contribution in [1.82, 2.24) is 5.32 Å². The zero-order chi connectivity index (χ0) is 13.8. The highest BCUT2D eigenvalue weighted by atomic mass is 16.3. The molecule has 0 bridgehead atoms. The number of hydrogen-bond donors (Lipinski definition) is 1. The van der Waals surface area contributed by atoms with Gasteiger partial charge in [-0.1, -0.05) is 32.1 Å². The summed E-state index contributed by atoms with van der Waals surface area (Å²) in [6, 6.07) is 2.19. The summed E-state index contributed by atoms with van der Waals surface area (Å²) in [7, 11) is 0. The molecule has 0 spiro atoms. The van der Waals surface area contributed by atoms with E-state index in [9.17, 15) is 4.79 Å². The third kappa shape index (κ3) is 3.25. The van der Waals surface area contributed by atoms with Gasteiger partial charge in [-0.3, -0.25) is 4.79 Å². The highest BCUT2D eigenvalue weighted by Crippen LogP contribution is 2.31. The summed E-state index contributed by atoms with van der Waals surface area (Å²) in [5, 5.41) is 3.20. The molecule has 0 saturated heterocycles. The fourth-order valence-electron chi connectivity index (χ4n) is 3.71. The summed E-state index contributed by atoms with van der Waals surface area (Å²) in [5.41, 5.74) is 1.20. The molecule has 2 aliphatic rings. The van der Waals surface area contributed by atoms with Crippen molar-refractivity contribution in [2.45, 2.75) is 70.3 Å². The van der Waals surface area contributed by atoms with Crippen molar-refractivity contribution in [2.24, 2.45) is 5.92 Å². The molecular formula is C17H25NO2. The highest BCUT2D eigenvalue weighted by molar-refractivity contribution is 5.76. The molecule has 1 saturated carbocycles. The van der Waals surface area contributed by atoms with Crippen molar-refractivity contribution >= 4 is 5.91 Å². The molecule has 3 rings (SSSR count). The maximum atomic E-state index is 12.1. The predicted octanol–water partition coefficient (Wildman–Crippen LogP) is 4.13. The van der Waals surface area contributed by atoms with Gasteiger partial charge in [0.25, 0.3) is 0 Å². The van der Waals surface area contributed by atoms with Gasteiger partial charge in [-0.15, -0.1) is 0 Å². The molecule has 1 aromatic rings. The van der Waals surface area contributed by atoms with Crippen LogP contribution in [0.5, 0.6) is 0 Å². The Morgan fingerprint density at radius 3 is 2.90 bits per heavy atom. The van der Waals surface area contributed by atoms with Gasteiger partial charge < -0.3 is 9.73 Å². The molecule has 0 aromatic carbocycles. The van der Waals surface area contributed by atoms with Gasteiger partial charge in [-0.2, -0.15) is 0 Å². The maximum Gasteiger partial charge on any atom is 0.220 e. The number of fused-ring (bicyclic) bond motifs is 1. The predicted molar refractivity (Wildman–Crippen MR) is 78.3 cm³/mol. The lowest BCUT2D eigenvalue weighted by Gasteiger charge is -2.24. The zero-order valence-corrected chi connectivity index (χ0v) is 12.2. The van der Waals surface area contributed by atoms with E-state index < -0.39 is 0 Å². The average Bonchev–Trinajstić information content (AvgIpc) is 2.96. The van der Waals surface area contributed by atoms with E-state index in [1.54, 1.807) is 6.26 Å². The molecule has 110 valence electrons. The van der Waals surface area contributed by atoms with Crippen molar-refractivity contribution in [3.05, 3.63) is 23.7 Å². The Hall–Kier alpha value is -1.25. The van der Waals surface area contributed by atoms with Crippen LogP contribution in [0.25, 0.3) is 0 Å². The molecule has 1 aromatic heterocycles. The molecule has 0 aliphatic heterocycles. The van der Waals surface area contributed by atoms with E-state index >= 15 is 0 Å². The number of rotatable bonds is 4. The van der Waals surface area contributed by atoms with E-state index in [2.05, 4.69) is 5.32 Å². The van der Waals surface area contributed by atoms with Gasteiger partial charge in [0.1, 0.15) is 5.76 Å². The molecule has 2 aliphatic carbocycles. The smallest absolute Gasteiger partial charge is 0.220 e. The van der Waals surface area contributed by atoms with Crippen molar-refractivity contribution in [3.8, 4) is 0 Å². The lowest BCUT2D eigenvalue weighted by molar-refractivity contribution is -0.122. The second-order valence-electron chi connectivity index (χ2n) is 6.35. The van der Waals surface area contributed by atoms with Crippen molar-refractivity contribution in [2.75, 3.05) is 0 Å². The first-order valence-electron chi connectivity index (χ1n) is 8.18. The topological polar surface area (TPSA) is 42.2 Å². The van der Waals surface area contributed by atoms with Crippen LogP contribution in [-0.4, -0.2) is 5.91 Å². The van der Waals surface area contributed by atoms with Crippen LogP contribution in [0.15, 0.2) is 16.7 Å². The van der Waals surface area contributed by atoms with Gasteiger partial charge in [0.15, 0.2) is 0 Å². The van der Waals surface area contributed by atoms with Gasteiger partial charge in [-0.25, -0.2) is 0 Å². The van der Waals surface area contributed by atoms with Gasteiger partial charge in [-0.05, 0) is 31.2 Å². The van der Waals surface area contributed by atoms with E-state index in [0.29, 0.717) is 6.42 Å². The second kappa shape index (κ2) is 6.47. The fourth-order valence-corrected chi connectivity index (χ4v) is 3.71. The molecule has 1 heterocycles. The van der Waals surface area contributed by atoms with E-state index in [1.165, 1.54) is 37.7 Å². The number of carbonyl (C=O) groups excluding carboxylic acids is 1. The Balaban J connectivity index is 1.47. The Kier molecular flexibility index (Phi) is 4.44. The third-order valence-electron chi connectivity index (χ3n) is 4.89. The van der Waals surface area contributed by atoms with Crippen LogP contribution in [0, 0.1) is 5.92 Å². The number of furan rings is 1. The Labute approximate surface area is 121 Å². The molecular weight excluding hydrogens is 250 g/mol. The highest BCUT2D eigenvalue weighted by Gasteiger charge is 2.24. The fraction of sp³-hybridized carbons (Fsp3) is 0.706. The van der Waals surface area contributed by atoms with E-state index in [4.69, 9.17) is 4.42 Å². The minimum absolute atomic E-state index is 0.177. The Bertz CT molecular complexity index is 446. The minimum atomic E-state index is 0.177. The first kappa shape index (κ1) is 13.7. The minimum Gasteiger partial charge on any atom is -0.469 e. The van der Waals surface area contributed by atoms with Crippen LogP contribution < -0.4 is 5.32 Å². The summed E-state index contributed by atoms with van der Waals surface area (Å²) >= 11 is 0. The molecule has 3 heteroatoms. The number of nitrogens with one attached hydrogen (secondary N) is 1. The first-order chi connectivity index (χ1) is 9.83. The summed E-state index contributed by atoms with van der Waals surface area (Å²) in [6.07, 6.45) is 13.4. The number of hydrogen-bond acceptors (Lipinski definition) is 2. The van der Waals surface area contributed by atoms with E-state index in [1.807, 2.05) is 6.07 Å². The number of amides is 1. The zero-order valence-electron chi connectivity index (χ0n) is 12.2. The Morgan fingerprint density at radius 2 is 2.05 bits per heavy atom. The van der Waals surface area contributed by atoms with Crippen LogP contribution >= 0.6 is 0 Å². The quantitative estimate of drug-likeness (QED) is 0.897. The molecule has 1 amide bonds. The largest absolute Gasteiger partial charge is 0.469 e. The number of carbonyl (C=O) groups is 1. The summed E-state index contributed by atoms with van der Waals surface area (Å²) in [4.78, 5) is 12.1. The van der Waals surface area contributed by atoms with Gasteiger partial charge >= 0.3 is 0 Å². The van der Waals surface area contributed by atoms with Crippen LogP contribution in [0.2, 0.25) is 0 Å². The maximum absolute atomic E-state index is 12.1. The van der Waals surface area contributed by atoms with Gasteiger partial charge in [0.05, 0.1) is 12.3 Å². The monoisotopic (exact) mass is 275 g/mol. The third-order valence-corrected chi connectivity index (χ3v) is 4.89. The summed E-state index contributed by atoms with van der Waals surface area (Å²) in [5.74, 6) is 2.06. The summed E-state index contributed by atoms with van der Waals surface area (Å²) in [6.45, 7) is 0. The SMILES string of the molecule is O=C(CCC1CCCCC1)NC1CCCc2occc21. The molecule has 1 unspecified atom stereocenters. The first-order valence-corrected chi connectivity index (χ1v) is 8.18. The van der Waals surface area contributed by atoms with E-state index in [0.717, 1.165) is 37.4 Å². The van der Waals surface area contributed by atoms with E-state index in [-0.39, 0.29) is 11.9 Å².